The highest BCUT2D eigenvalue weighted by Gasteiger charge is 2.22. The molecule has 0 atom stereocenters. The van der Waals surface area contributed by atoms with E-state index in [4.69, 9.17) is 4.74 Å². The lowest BCUT2D eigenvalue weighted by Crippen LogP contribution is -2.18. The number of rotatable bonds is 2. The van der Waals surface area contributed by atoms with Crippen LogP contribution in [-0.4, -0.2) is 16.2 Å². The van der Waals surface area contributed by atoms with Gasteiger partial charge in [-0.25, -0.2) is 0 Å². The number of aromatic nitrogens is 2. The Balaban J connectivity index is 1.88. The minimum atomic E-state index is 0.108. The molecule has 2 aromatic heterocycles. The van der Waals surface area contributed by atoms with Gasteiger partial charge in [0, 0.05) is 29.2 Å². The van der Waals surface area contributed by atoms with Crippen LogP contribution >= 0.6 is 0 Å². The van der Waals surface area contributed by atoms with Crippen LogP contribution in [0.3, 0.4) is 0 Å². The van der Waals surface area contributed by atoms with Crippen LogP contribution in [0.15, 0.2) is 59.5 Å². The monoisotopic (exact) mass is 330 g/mol. The summed E-state index contributed by atoms with van der Waals surface area (Å²) in [7, 11) is 1.67. The van der Waals surface area contributed by atoms with E-state index in [-0.39, 0.29) is 5.43 Å². The molecule has 1 aliphatic heterocycles. The number of para-hydroxylation sites is 1. The van der Waals surface area contributed by atoms with Gasteiger partial charge in [0.2, 0.25) is 5.43 Å². The van der Waals surface area contributed by atoms with Gasteiger partial charge in [-0.05, 0) is 49.2 Å². The normalized spacial score (nSPS) is 13.5. The maximum Gasteiger partial charge on any atom is 0.213 e. The lowest BCUT2D eigenvalue weighted by atomic mass is 10.1. The second kappa shape index (κ2) is 5.24. The summed E-state index contributed by atoms with van der Waals surface area (Å²) in [5.41, 5.74) is 4.11. The second-order valence-electron chi connectivity index (χ2n) is 6.51. The molecular weight excluding hydrogens is 312 g/mol. The molecule has 4 aromatic rings. The standard InChI is InChI=1S/C21H18N2O2/c1-25-15-8-9-17-14(13-15)10-12-23(17)20-19-7-4-11-22(19)18-6-3-2-5-16(18)21(20)24/h2-3,5-6,8-10,12-13H,4,7,11H2,1H3. The zero-order valence-corrected chi connectivity index (χ0v) is 14.0. The van der Waals surface area contributed by atoms with Crippen molar-refractivity contribution < 1.29 is 4.74 Å². The van der Waals surface area contributed by atoms with Gasteiger partial charge in [0.15, 0.2) is 0 Å². The number of aryl methyl sites for hydroxylation is 1. The summed E-state index contributed by atoms with van der Waals surface area (Å²) in [6, 6.07) is 15.9. The van der Waals surface area contributed by atoms with E-state index in [2.05, 4.69) is 4.57 Å². The molecule has 2 aromatic carbocycles. The third-order valence-corrected chi connectivity index (χ3v) is 5.19. The fraction of sp³-hybridized carbons (Fsp3) is 0.190. The lowest BCUT2D eigenvalue weighted by molar-refractivity contribution is 0.415. The molecule has 4 heteroatoms. The van der Waals surface area contributed by atoms with E-state index in [0.29, 0.717) is 0 Å². The minimum absolute atomic E-state index is 0.108. The molecule has 5 rings (SSSR count). The first kappa shape index (κ1) is 14.3. The number of ether oxygens (including phenoxy) is 1. The van der Waals surface area contributed by atoms with E-state index in [9.17, 15) is 4.79 Å². The predicted molar refractivity (Wildman–Crippen MR) is 99.9 cm³/mol. The van der Waals surface area contributed by atoms with Crippen LogP contribution in [0.25, 0.3) is 27.5 Å². The van der Waals surface area contributed by atoms with Gasteiger partial charge in [-0.3, -0.25) is 4.79 Å². The number of hydrogen-bond acceptors (Lipinski definition) is 2. The Morgan fingerprint density at radius 2 is 1.92 bits per heavy atom. The van der Waals surface area contributed by atoms with Gasteiger partial charge in [-0.1, -0.05) is 12.1 Å². The Hall–Kier alpha value is -3.01. The number of methoxy groups -OCH3 is 1. The number of benzene rings is 2. The van der Waals surface area contributed by atoms with Crippen molar-refractivity contribution in [1.82, 2.24) is 9.13 Å². The summed E-state index contributed by atoms with van der Waals surface area (Å²) in [6.07, 6.45) is 4.01. The van der Waals surface area contributed by atoms with Crippen LogP contribution in [0.1, 0.15) is 12.1 Å². The molecule has 0 saturated heterocycles. The molecule has 0 spiro atoms. The van der Waals surface area contributed by atoms with E-state index in [1.807, 2.05) is 59.3 Å². The first-order chi connectivity index (χ1) is 12.3. The third-order valence-electron chi connectivity index (χ3n) is 5.19. The summed E-state index contributed by atoms with van der Waals surface area (Å²) in [4.78, 5) is 13.3. The van der Waals surface area contributed by atoms with Crippen LogP contribution in [0, 0.1) is 0 Å². The molecule has 3 heterocycles. The van der Waals surface area contributed by atoms with Crippen molar-refractivity contribution in [1.29, 1.82) is 0 Å². The molecule has 4 nitrogen and oxygen atoms in total. The summed E-state index contributed by atoms with van der Waals surface area (Å²) >= 11 is 0. The molecule has 0 saturated carbocycles. The highest BCUT2D eigenvalue weighted by Crippen LogP contribution is 2.29. The van der Waals surface area contributed by atoms with Crippen LogP contribution in [0.5, 0.6) is 5.75 Å². The van der Waals surface area contributed by atoms with Crippen LogP contribution < -0.4 is 10.2 Å². The molecule has 0 radical (unpaired) electrons. The zero-order valence-electron chi connectivity index (χ0n) is 14.0. The van der Waals surface area contributed by atoms with Crippen LogP contribution in [-0.2, 0) is 13.0 Å². The summed E-state index contributed by atoms with van der Waals surface area (Å²) < 4.78 is 9.67. The Labute approximate surface area is 144 Å². The molecule has 0 fully saturated rings. The summed E-state index contributed by atoms with van der Waals surface area (Å²) in [6.45, 7) is 0.968. The maximum absolute atomic E-state index is 13.3. The fourth-order valence-electron chi connectivity index (χ4n) is 4.04. The quantitative estimate of drug-likeness (QED) is 0.559. The first-order valence-electron chi connectivity index (χ1n) is 8.58. The Morgan fingerprint density at radius 1 is 1.04 bits per heavy atom. The van der Waals surface area contributed by atoms with Gasteiger partial charge in [0.25, 0.3) is 0 Å². The Kier molecular flexibility index (Phi) is 3.01. The average Bonchev–Trinajstić information content (AvgIpc) is 3.29. The van der Waals surface area contributed by atoms with Gasteiger partial charge in [0.1, 0.15) is 11.4 Å². The highest BCUT2D eigenvalue weighted by atomic mass is 16.5. The van der Waals surface area contributed by atoms with Gasteiger partial charge in [0.05, 0.1) is 18.1 Å². The first-order valence-corrected chi connectivity index (χ1v) is 8.58. The highest BCUT2D eigenvalue weighted by molar-refractivity contribution is 5.86. The summed E-state index contributed by atoms with van der Waals surface area (Å²) in [5.74, 6) is 0.825. The van der Waals surface area contributed by atoms with Gasteiger partial charge in [-0.15, -0.1) is 0 Å². The van der Waals surface area contributed by atoms with E-state index < -0.39 is 0 Å². The summed E-state index contributed by atoms with van der Waals surface area (Å²) in [5, 5.41) is 1.86. The zero-order chi connectivity index (χ0) is 17.0. The number of hydrogen-bond donors (Lipinski definition) is 0. The fourth-order valence-corrected chi connectivity index (χ4v) is 4.04. The smallest absolute Gasteiger partial charge is 0.213 e. The van der Waals surface area contributed by atoms with Gasteiger partial charge < -0.3 is 13.9 Å². The lowest BCUT2D eigenvalue weighted by Gasteiger charge is -2.15. The SMILES string of the molecule is COc1ccc2c(ccn2-c2c3n(c4ccccc4c2=O)CCC3)c1. The van der Waals surface area contributed by atoms with Crippen LogP contribution in [0.2, 0.25) is 0 Å². The van der Waals surface area contributed by atoms with Gasteiger partial charge >= 0.3 is 0 Å². The molecule has 124 valence electrons. The number of nitrogens with zero attached hydrogens (tertiary/aromatic N) is 2. The molecular formula is C21H18N2O2. The van der Waals surface area contributed by atoms with Gasteiger partial charge in [-0.2, -0.15) is 0 Å². The van der Waals surface area contributed by atoms with Crippen molar-refractivity contribution in [3.63, 3.8) is 0 Å². The largest absolute Gasteiger partial charge is 0.497 e. The van der Waals surface area contributed by atoms with E-state index in [1.54, 1.807) is 7.11 Å². The van der Waals surface area contributed by atoms with E-state index >= 15 is 0 Å². The van der Waals surface area contributed by atoms with Crippen molar-refractivity contribution >= 4 is 21.8 Å². The molecule has 25 heavy (non-hydrogen) atoms. The third kappa shape index (κ3) is 1.97. The number of fused-ring (bicyclic) bond motifs is 4. The maximum atomic E-state index is 13.3. The molecule has 0 bridgehead atoms. The molecule has 0 amide bonds. The molecule has 1 aliphatic rings. The van der Waals surface area contributed by atoms with Crippen molar-refractivity contribution in [2.24, 2.45) is 0 Å². The predicted octanol–water partition coefficient (Wildman–Crippen LogP) is 3.90. The van der Waals surface area contributed by atoms with E-state index in [0.717, 1.165) is 58.3 Å². The van der Waals surface area contributed by atoms with Crippen molar-refractivity contribution in [2.45, 2.75) is 19.4 Å². The van der Waals surface area contributed by atoms with E-state index in [1.165, 1.54) is 0 Å². The minimum Gasteiger partial charge on any atom is -0.497 e. The molecule has 0 N–H and O–H groups in total. The molecule has 0 aliphatic carbocycles. The van der Waals surface area contributed by atoms with Crippen molar-refractivity contribution in [3.8, 4) is 11.4 Å². The van der Waals surface area contributed by atoms with Crippen LogP contribution in [0.4, 0.5) is 0 Å². The topological polar surface area (TPSA) is 36.2 Å². The average molecular weight is 330 g/mol. The Morgan fingerprint density at radius 3 is 2.80 bits per heavy atom. The van der Waals surface area contributed by atoms with Crippen molar-refractivity contribution in [3.05, 3.63) is 70.6 Å². The molecule has 0 unspecified atom stereocenters. The number of pyridine rings is 1. The second-order valence-corrected chi connectivity index (χ2v) is 6.51. The Bertz CT molecular complexity index is 1180. The van der Waals surface area contributed by atoms with Crippen molar-refractivity contribution in [2.75, 3.05) is 7.11 Å².